The maximum absolute atomic E-state index is 11.6. The van der Waals surface area contributed by atoms with Crippen LogP contribution in [0.25, 0.3) is 0 Å². The van der Waals surface area contributed by atoms with E-state index in [4.69, 9.17) is 10.5 Å². The number of hydrogen-bond acceptors (Lipinski definition) is 3. The quantitative estimate of drug-likeness (QED) is 0.710. The first-order valence-electron chi connectivity index (χ1n) is 5.21. The summed E-state index contributed by atoms with van der Waals surface area (Å²) >= 11 is 0. The molecule has 0 aliphatic carbocycles. The van der Waals surface area contributed by atoms with Crippen LogP contribution in [0.1, 0.15) is 53.9 Å². The van der Waals surface area contributed by atoms with Gasteiger partial charge in [0.2, 0.25) is 0 Å². The second kappa shape index (κ2) is 4.78. The first-order chi connectivity index (χ1) is 6.19. The topological polar surface area (TPSA) is 52.3 Å². The predicted molar refractivity (Wildman–Crippen MR) is 58.0 cm³/mol. The molecule has 1 atom stereocenters. The van der Waals surface area contributed by atoms with Crippen molar-refractivity contribution in [3.05, 3.63) is 0 Å². The molecular weight excluding hydrogens is 178 g/mol. The summed E-state index contributed by atoms with van der Waals surface area (Å²) in [5.74, 6) is -0.307. The Balaban J connectivity index is 4.21. The molecule has 3 nitrogen and oxygen atoms in total. The van der Waals surface area contributed by atoms with Gasteiger partial charge in [-0.3, -0.25) is 4.79 Å². The Hall–Kier alpha value is -0.570. The molecular formula is C11H23NO2. The van der Waals surface area contributed by atoms with Crippen LogP contribution in [0.2, 0.25) is 0 Å². The molecule has 0 fully saturated rings. The molecule has 0 amide bonds. The molecule has 0 rings (SSSR count). The highest BCUT2D eigenvalue weighted by atomic mass is 16.6. The van der Waals surface area contributed by atoms with E-state index in [1.165, 1.54) is 0 Å². The van der Waals surface area contributed by atoms with Crippen LogP contribution < -0.4 is 5.73 Å². The smallest absolute Gasteiger partial charge is 0.326 e. The molecule has 0 saturated carbocycles. The van der Waals surface area contributed by atoms with Gasteiger partial charge in [0.1, 0.15) is 11.1 Å². The second-order valence-corrected chi connectivity index (χ2v) is 5.02. The van der Waals surface area contributed by atoms with Gasteiger partial charge in [0.05, 0.1) is 0 Å². The van der Waals surface area contributed by atoms with E-state index in [1.807, 2.05) is 20.8 Å². The van der Waals surface area contributed by atoms with Crippen LogP contribution in [0.4, 0.5) is 0 Å². The van der Waals surface area contributed by atoms with Crippen LogP contribution in [0.15, 0.2) is 0 Å². The lowest BCUT2D eigenvalue weighted by Gasteiger charge is -2.28. The highest BCUT2D eigenvalue weighted by molar-refractivity contribution is 5.80. The van der Waals surface area contributed by atoms with Gasteiger partial charge in [0, 0.05) is 0 Å². The Labute approximate surface area is 87.0 Å². The van der Waals surface area contributed by atoms with Gasteiger partial charge in [-0.25, -0.2) is 0 Å². The summed E-state index contributed by atoms with van der Waals surface area (Å²) in [4.78, 5) is 11.6. The third kappa shape index (κ3) is 5.22. The number of ether oxygens (including phenoxy) is 1. The zero-order valence-corrected chi connectivity index (χ0v) is 10.0. The molecule has 14 heavy (non-hydrogen) atoms. The number of carbonyl (C=O) groups excluding carboxylic acids is 1. The summed E-state index contributed by atoms with van der Waals surface area (Å²) in [5.41, 5.74) is 4.58. The lowest BCUT2D eigenvalue weighted by atomic mass is 9.96. The molecule has 2 N–H and O–H groups in total. The average Bonchev–Trinajstić information content (AvgIpc) is 1.97. The highest BCUT2D eigenvalue weighted by Gasteiger charge is 2.32. The molecule has 0 saturated heterocycles. The fourth-order valence-corrected chi connectivity index (χ4v) is 1.04. The van der Waals surface area contributed by atoms with E-state index in [-0.39, 0.29) is 5.97 Å². The fourth-order valence-electron chi connectivity index (χ4n) is 1.04. The molecule has 84 valence electrons. The average molecular weight is 201 g/mol. The van der Waals surface area contributed by atoms with Crippen molar-refractivity contribution < 1.29 is 9.53 Å². The van der Waals surface area contributed by atoms with E-state index in [0.29, 0.717) is 6.42 Å². The molecule has 0 radical (unpaired) electrons. The molecule has 0 aromatic rings. The summed E-state index contributed by atoms with van der Waals surface area (Å²) in [6.45, 7) is 9.35. The third-order valence-corrected chi connectivity index (χ3v) is 1.91. The zero-order chi connectivity index (χ0) is 11.4. The molecule has 0 bridgehead atoms. The van der Waals surface area contributed by atoms with Gasteiger partial charge >= 0.3 is 5.97 Å². The number of carbonyl (C=O) groups is 1. The monoisotopic (exact) mass is 201 g/mol. The van der Waals surface area contributed by atoms with Crippen LogP contribution in [0.5, 0.6) is 0 Å². The van der Waals surface area contributed by atoms with Crippen molar-refractivity contribution >= 4 is 5.97 Å². The number of nitrogens with two attached hydrogens (primary N) is 1. The fraction of sp³-hybridized carbons (Fsp3) is 0.909. The minimum Gasteiger partial charge on any atom is -0.459 e. The predicted octanol–water partition coefficient (Wildman–Crippen LogP) is 2.24. The van der Waals surface area contributed by atoms with Crippen molar-refractivity contribution in [3.63, 3.8) is 0 Å². The van der Waals surface area contributed by atoms with Gasteiger partial charge in [-0.15, -0.1) is 0 Å². The van der Waals surface area contributed by atoms with Crippen molar-refractivity contribution in [2.24, 2.45) is 5.73 Å². The van der Waals surface area contributed by atoms with E-state index in [1.54, 1.807) is 6.92 Å². The lowest BCUT2D eigenvalue weighted by Crippen LogP contribution is -2.48. The Morgan fingerprint density at radius 1 is 1.29 bits per heavy atom. The Morgan fingerprint density at radius 2 is 1.79 bits per heavy atom. The Morgan fingerprint density at radius 3 is 2.14 bits per heavy atom. The number of esters is 1. The normalized spacial score (nSPS) is 16.1. The van der Waals surface area contributed by atoms with E-state index in [0.717, 1.165) is 12.8 Å². The molecule has 0 aliphatic heterocycles. The van der Waals surface area contributed by atoms with Gasteiger partial charge in [-0.05, 0) is 34.1 Å². The van der Waals surface area contributed by atoms with Gasteiger partial charge in [-0.1, -0.05) is 19.8 Å². The molecule has 0 heterocycles. The summed E-state index contributed by atoms with van der Waals surface area (Å²) in [5, 5.41) is 0. The zero-order valence-electron chi connectivity index (χ0n) is 10.0. The highest BCUT2D eigenvalue weighted by Crippen LogP contribution is 2.17. The van der Waals surface area contributed by atoms with Crippen molar-refractivity contribution in [2.75, 3.05) is 0 Å². The van der Waals surface area contributed by atoms with Crippen LogP contribution >= 0.6 is 0 Å². The van der Waals surface area contributed by atoms with E-state index >= 15 is 0 Å². The summed E-state index contributed by atoms with van der Waals surface area (Å²) in [7, 11) is 0. The first-order valence-corrected chi connectivity index (χ1v) is 5.21. The minimum atomic E-state index is -0.844. The molecule has 0 aromatic heterocycles. The van der Waals surface area contributed by atoms with Crippen molar-refractivity contribution in [2.45, 2.75) is 65.0 Å². The van der Waals surface area contributed by atoms with Gasteiger partial charge in [-0.2, -0.15) is 0 Å². The molecule has 0 unspecified atom stereocenters. The first kappa shape index (κ1) is 13.4. The second-order valence-electron chi connectivity index (χ2n) is 5.02. The maximum atomic E-state index is 11.6. The molecule has 0 aliphatic rings. The third-order valence-electron chi connectivity index (χ3n) is 1.91. The van der Waals surface area contributed by atoms with Crippen LogP contribution in [0.3, 0.4) is 0 Å². The van der Waals surface area contributed by atoms with E-state index < -0.39 is 11.1 Å². The summed E-state index contributed by atoms with van der Waals surface area (Å²) in [6.07, 6.45) is 2.67. The number of unbranched alkanes of at least 4 members (excludes halogenated alkanes) is 1. The van der Waals surface area contributed by atoms with E-state index in [2.05, 4.69) is 6.92 Å². The van der Waals surface area contributed by atoms with Crippen molar-refractivity contribution in [3.8, 4) is 0 Å². The maximum Gasteiger partial charge on any atom is 0.326 e. The molecule has 0 spiro atoms. The number of rotatable bonds is 4. The number of hydrogen-bond donors (Lipinski definition) is 1. The van der Waals surface area contributed by atoms with Crippen LogP contribution in [0, 0.1) is 0 Å². The molecule has 3 heteroatoms. The van der Waals surface area contributed by atoms with Gasteiger partial charge in [0.15, 0.2) is 0 Å². The van der Waals surface area contributed by atoms with Crippen molar-refractivity contribution in [1.29, 1.82) is 0 Å². The summed E-state index contributed by atoms with van der Waals surface area (Å²) in [6, 6.07) is 0. The van der Waals surface area contributed by atoms with Crippen LogP contribution in [-0.4, -0.2) is 17.1 Å². The Bertz CT molecular complexity index is 192. The lowest BCUT2D eigenvalue weighted by molar-refractivity contribution is -0.161. The Kier molecular flexibility index (Phi) is 4.59. The van der Waals surface area contributed by atoms with E-state index in [9.17, 15) is 4.79 Å². The van der Waals surface area contributed by atoms with Gasteiger partial charge in [0.25, 0.3) is 0 Å². The summed E-state index contributed by atoms with van der Waals surface area (Å²) < 4.78 is 5.24. The standard InChI is InChI=1S/C11H23NO2/c1-6-7-8-11(5,12)9(13)14-10(2,3)4/h6-8,12H2,1-5H3/t11-/m0/s1. The largest absolute Gasteiger partial charge is 0.459 e. The van der Waals surface area contributed by atoms with Crippen molar-refractivity contribution in [1.82, 2.24) is 0 Å². The van der Waals surface area contributed by atoms with Gasteiger partial charge < -0.3 is 10.5 Å². The molecule has 0 aromatic carbocycles. The minimum absolute atomic E-state index is 0.307. The van der Waals surface area contributed by atoms with Crippen LogP contribution in [-0.2, 0) is 9.53 Å². The SMILES string of the molecule is CCCC[C@](C)(N)C(=O)OC(C)(C)C.